The molecule has 0 atom stereocenters. The van der Waals surface area contributed by atoms with Crippen LogP contribution in [0.1, 0.15) is 12.5 Å². The topological polar surface area (TPSA) is 65.1 Å². The van der Waals surface area contributed by atoms with Gasteiger partial charge in [-0.1, -0.05) is 35.3 Å². The highest BCUT2D eigenvalue weighted by Gasteiger charge is 2.38. The minimum absolute atomic E-state index is 0.147. The van der Waals surface area contributed by atoms with Gasteiger partial charge in [0.2, 0.25) is 0 Å². The Labute approximate surface area is 184 Å². The van der Waals surface area contributed by atoms with E-state index in [0.29, 0.717) is 33.5 Å². The van der Waals surface area contributed by atoms with Crippen LogP contribution in [-0.4, -0.2) is 33.2 Å². The predicted molar refractivity (Wildman–Crippen MR) is 116 cm³/mol. The van der Waals surface area contributed by atoms with E-state index in [-0.39, 0.29) is 16.2 Å². The summed E-state index contributed by atoms with van der Waals surface area (Å²) in [5.74, 6) is -0.0703. The molecule has 1 aliphatic rings. The van der Waals surface area contributed by atoms with Crippen molar-refractivity contribution in [1.29, 1.82) is 0 Å². The summed E-state index contributed by atoms with van der Waals surface area (Å²) in [6, 6.07) is 10.1. The fourth-order valence-electron chi connectivity index (χ4n) is 3.24. The lowest BCUT2D eigenvalue weighted by Gasteiger charge is -2.19. The number of carbonyl (C=O) groups is 2. The van der Waals surface area contributed by atoms with Crippen LogP contribution in [0.5, 0.6) is 11.5 Å². The molecule has 8 heteroatoms. The first kappa shape index (κ1) is 21.7. The Morgan fingerprint density at radius 2 is 1.73 bits per heavy atom. The number of hydrogen-bond acceptors (Lipinski definition) is 5. The minimum Gasteiger partial charge on any atom is -0.493 e. The molecule has 0 saturated carbocycles. The molecule has 0 N–H and O–H groups in total. The molecule has 156 valence electrons. The highest BCUT2D eigenvalue weighted by molar-refractivity contribution is 6.43. The average Bonchev–Trinajstić information content (AvgIpc) is 2.99. The Hall–Kier alpha value is -2.96. The van der Waals surface area contributed by atoms with Crippen molar-refractivity contribution < 1.29 is 23.8 Å². The van der Waals surface area contributed by atoms with E-state index in [1.807, 2.05) is 0 Å². The number of esters is 1. The molecular formula is C22H19Cl2NO5. The molecule has 2 aromatic carbocycles. The third kappa shape index (κ3) is 3.76. The van der Waals surface area contributed by atoms with E-state index in [1.54, 1.807) is 43.3 Å². The molecule has 0 unspecified atom stereocenters. The summed E-state index contributed by atoms with van der Waals surface area (Å²) >= 11 is 12.4. The van der Waals surface area contributed by atoms with Crippen molar-refractivity contribution in [2.24, 2.45) is 0 Å². The smallest absolute Gasteiger partial charge is 0.340 e. The summed E-state index contributed by atoms with van der Waals surface area (Å²) in [7, 11) is 4.28. The van der Waals surface area contributed by atoms with Gasteiger partial charge in [0.1, 0.15) is 0 Å². The lowest BCUT2D eigenvalue weighted by atomic mass is 10.0. The van der Waals surface area contributed by atoms with Gasteiger partial charge < -0.3 is 14.2 Å². The van der Waals surface area contributed by atoms with Crippen molar-refractivity contribution in [3.05, 3.63) is 68.9 Å². The van der Waals surface area contributed by atoms with Crippen molar-refractivity contribution in [3.63, 3.8) is 0 Å². The average molecular weight is 448 g/mol. The number of carbonyl (C=O) groups excluding carboxylic acids is 2. The number of allylic oxidation sites excluding steroid dienone is 1. The van der Waals surface area contributed by atoms with Gasteiger partial charge in [0, 0.05) is 11.8 Å². The van der Waals surface area contributed by atoms with E-state index in [9.17, 15) is 9.59 Å². The van der Waals surface area contributed by atoms with Crippen molar-refractivity contribution in [1.82, 2.24) is 0 Å². The van der Waals surface area contributed by atoms with Crippen LogP contribution >= 0.6 is 23.2 Å². The number of benzene rings is 2. The van der Waals surface area contributed by atoms with E-state index >= 15 is 0 Å². The van der Waals surface area contributed by atoms with Crippen molar-refractivity contribution in [2.75, 3.05) is 26.2 Å². The lowest BCUT2D eigenvalue weighted by Crippen LogP contribution is -2.24. The molecule has 6 nitrogen and oxygen atoms in total. The van der Waals surface area contributed by atoms with Gasteiger partial charge >= 0.3 is 5.97 Å². The number of anilines is 1. The third-order valence-corrected chi connectivity index (χ3v) is 5.53. The number of rotatable bonds is 5. The van der Waals surface area contributed by atoms with E-state index in [1.165, 1.54) is 32.3 Å². The number of halogens is 2. The fraction of sp³-hybridized carbons (Fsp3) is 0.182. The van der Waals surface area contributed by atoms with Crippen molar-refractivity contribution in [2.45, 2.75) is 6.92 Å². The molecule has 0 fully saturated rings. The molecule has 0 aliphatic carbocycles. The number of hydrogen-bond donors (Lipinski definition) is 0. The predicted octanol–water partition coefficient (Wildman–Crippen LogP) is 4.89. The van der Waals surface area contributed by atoms with Crippen LogP contribution in [0, 0.1) is 0 Å². The molecule has 0 radical (unpaired) electrons. The maximum absolute atomic E-state index is 13.4. The van der Waals surface area contributed by atoms with Gasteiger partial charge in [0.05, 0.1) is 48.2 Å². The van der Waals surface area contributed by atoms with Crippen LogP contribution < -0.4 is 14.4 Å². The monoisotopic (exact) mass is 447 g/mol. The van der Waals surface area contributed by atoms with Gasteiger partial charge in [-0.15, -0.1) is 0 Å². The standard InChI is InChI=1S/C22H19Cl2NO5/c1-12-19(22(27)30-4)15(10-13-6-5-7-16(23)20(13)24)21(26)25(12)14-8-9-17(28-2)18(11-14)29-3/h5-11H,1-4H3/b15-10-. The highest BCUT2D eigenvalue weighted by atomic mass is 35.5. The molecule has 1 aliphatic heterocycles. The molecule has 30 heavy (non-hydrogen) atoms. The first-order chi connectivity index (χ1) is 14.3. The largest absolute Gasteiger partial charge is 0.493 e. The normalized spacial score (nSPS) is 15.1. The third-order valence-electron chi connectivity index (χ3n) is 4.70. The Morgan fingerprint density at radius 3 is 2.37 bits per heavy atom. The summed E-state index contributed by atoms with van der Waals surface area (Å²) in [4.78, 5) is 27.3. The Balaban J connectivity index is 2.17. The first-order valence-corrected chi connectivity index (χ1v) is 9.61. The van der Waals surface area contributed by atoms with Gasteiger partial charge in [-0.25, -0.2) is 4.79 Å². The second-order valence-corrected chi connectivity index (χ2v) is 7.12. The number of ether oxygens (including phenoxy) is 3. The Bertz CT molecular complexity index is 1090. The van der Waals surface area contributed by atoms with Gasteiger partial charge in [0.15, 0.2) is 11.5 Å². The summed E-state index contributed by atoms with van der Waals surface area (Å²) < 4.78 is 15.5. The van der Waals surface area contributed by atoms with Gasteiger partial charge in [-0.3, -0.25) is 9.69 Å². The SMILES string of the molecule is COC(=O)C1=C(C)N(c2ccc(OC)c(OC)c2)C(=O)/C1=C\c1cccc(Cl)c1Cl. The van der Waals surface area contributed by atoms with Crippen molar-refractivity contribution >= 4 is 46.8 Å². The van der Waals surface area contributed by atoms with Gasteiger partial charge in [-0.05, 0) is 36.8 Å². The number of amides is 1. The van der Waals surface area contributed by atoms with Gasteiger partial charge in [0.25, 0.3) is 5.91 Å². The number of nitrogens with zero attached hydrogens (tertiary/aromatic N) is 1. The second kappa shape index (κ2) is 8.81. The molecule has 0 aromatic heterocycles. The maximum atomic E-state index is 13.4. The van der Waals surface area contributed by atoms with E-state index in [4.69, 9.17) is 37.4 Å². The Morgan fingerprint density at radius 1 is 1.03 bits per heavy atom. The summed E-state index contributed by atoms with van der Waals surface area (Å²) in [6.07, 6.45) is 1.53. The van der Waals surface area contributed by atoms with Crippen LogP contribution in [0.3, 0.4) is 0 Å². The molecule has 3 rings (SSSR count). The zero-order valence-corrected chi connectivity index (χ0v) is 18.3. The second-order valence-electron chi connectivity index (χ2n) is 6.33. The fourth-order valence-corrected chi connectivity index (χ4v) is 3.60. The molecule has 0 saturated heterocycles. The van der Waals surface area contributed by atoms with Crippen LogP contribution in [-0.2, 0) is 14.3 Å². The van der Waals surface area contributed by atoms with Crippen LogP contribution in [0.25, 0.3) is 6.08 Å². The maximum Gasteiger partial charge on any atom is 0.340 e. The summed E-state index contributed by atoms with van der Waals surface area (Å²) in [5, 5.41) is 0.624. The highest BCUT2D eigenvalue weighted by Crippen LogP contribution is 2.39. The molecule has 0 spiro atoms. The van der Waals surface area contributed by atoms with E-state index < -0.39 is 11.9 Å². The zero-order valence-electron chi connectivity index (χ0n) is 16.8. The van der Waals surface area contributed by atoms with Crippen LogP contribution in [0.4, 0.5) is 5.69 Å². The molecule has 2 aromatic rings. The van der Waals surface area contributed by atoms with Gasteiger partial charge in [-0.2, -0.15) is 0 Å². The molecule has 1 amide bonds. The number of methoxy groups -OCH3 is 3. The van der Waals surface area contributed by atoms with E-state index in [0.717, 1.165) is 0 Å². The molecular weight excluding hydrogens is 429 g/mol. The molecule has 1 heterocycles. The summed E-state index contributed by atoms with van der Waals surface area (Å²) in [5.41, 5.74) is 1.74. The quantitative estimate of drug-likeness (QED) is 0.482. The lowest BCUT2D eigenvalue weighted by molar-refractivity contribution is -0.136. The minimum atomic E-state index is -0.631. The first-order valence-electron chi connectivity index (χ1n) is 8.85. The van der Waals surface area contributed by atoms with E-state index in [2.05, 4.69) is 0 Å². The zero-order chi connectivity index (χ0) is 22.0. The van der Waals surface area contributed by atoms with Crippen LogP contribution in [0.15, 0.2) is 53.2 Å². The summed E-state index contributed by atoms with van der Waals surface area (Å²) in [6.45, 7) is 1.67. The Kier molecular flexibility index (Phi) is 6.39. The molecule has 0 bridgehead atoms. The van der Waals surface area contributed by atoms with Crippen molar-refractivity contribution in [3.8, 4) is 11.5 Å². The van der Waals surface area contributed by atoms with Crippen LogP contribution in [0.2, 0.25) is 10.0 Å².